The van der Waals surface area contributed by atoms with Crippen molar-refractivity contribution >= 4 is 45.7 Å². The lowest BCUT2D eigenvalue weighted by Crippen LogP contribution is -2.44. The first-order valence-corrected chi connectivity index (χ1v) is 9.89. The van der Waals surface area contributed by atoms with Gasteiger partial charge in [-0.05, 0) is 25.2 Å². The Morgan fingerprint density at radius 3 is 2.71 bits per heavy atom. The molecule has 0 unspecified atom stereocenters. The highest BCUT2D eigenvalue weighted by Crippen LogP contribution is 2.23. The van der Waals surface area contributed by atoms with Crippen LogP contribution in [0.25, 0.3) is 11.0 Å². The maximum absolute atomic E-state index is 5.40. The Balaban J connectivity index is 1.36. The number of nitrogens with one attached hydrogen (secondary N) is 2. The maximum Gasteiger partial charge on any atom is 0.230 e. The van der Waals surface area contributed by atoms with Gasteiger partial charge in [-0.15, -0.1) is 0 Å². The van der Waals surface area contributed by atoms with Gasteiger partial charge in [-0.1, -0.05) is 12.2 Å². The maximum atomic E-state index is 5.40. The molecule has 2 aliphatic heterocycles. The number of nitrogens with zero attached hydrogens (tertiary/aromatic N) is 6. The SMILES string of the molecule is CN1CCN(c2ccc(Nc3ncc4cc5n(c4n3)CCNC5=S)nc2)CC1. The number of rotatable bonds is 3. The van der Waals surface area contributed by atoms with E-state index in [1.165, 1.54) is 0 Å². The zero-order valence-electron chi connectivity index (χ0n) is 15.7. The second kappa shape index (κ2) is 6.99. The van der Waals surface area contributed by atoms with Crippen LogP contribution in [0.15, 0.2) is 30.6 Å². The molecule has 0 spiro atoms. The number of aromatic nitrogens is 4. The number of fused-ring (bicyclic) bond motifs is 3. The lowest BCUT2D eigenvalue weighted by molar-refractivity contribution is 0.313. The summed E-state index contributed by atoms with van der Waals surface area (Å²) in [5.74, 6) is 1.28. The van der Waals surface area contributed by atoms with Gasteiger partial charge >= 0.3 is 0 Å². The van der Waals surface area contributed by atoms with E-state index in [0.29, 0.717) is 5.95 Å². The van der Waals surface area contributed by atoms with Crippen molar-refractivity contribution in [1.82, 2.24) is 29.7 Å². The minimum atomic E-state index is 0.540. The van der Waals surface area contributed by atoms with Gasteiger partial charge in [0, 0.05) is 50.9 Å². The monoisotopic (exact) mass is 394 g/mol. The topological polar surface area (TPSA) is 74.1 Å². The highest BCUT2D eigenvalue weighted by molar-refractivity contribution is 7.80. The molecule has 8 nitrogen and oxygen atoms in total. The second-order valence-corrected chi connectivity index (χ2v) is 7.63. The number of likely N-dealkylation sites (N-methyl/N-ethyl adjacent to an activating group) is 1. The van der Waals surface area contributed by atoms with Gasteiger partial charge in [0.1, 0.15) is 16.5 Å². The predicted octanol–water partition coefficient (Wildman–Crippen LogP) is 1.60. The van der Waals surface area contributed by atoms with E-state index in [9.17, 15) is 0 Å². The highest BCUT2D eigenvalue weighted by atomic mass is 32.1. The van der Waals surface area contributed by atoms with Crippen molar-refractivity contribution in [3.05, 3.63) is 36.3 Å². The number of thiocarbonyl (C=S) groups is 1. The van der Waals surface area contributed by atoms with Crippen LogP contribution in [0.5, 0.6) is 0 Å². The van der Waals surface area contributed by atoms with Crippen molar-refractivity contribution in [2.24, 2.45) is 0 Å². The normalized spacial score (nSPS) is 17.5. The van der Waals surface area contributed by atoms with E-state index in [1.54, 1.807) is 0 Å². The first-order valence-electron chi connectivity index (χ1n) is 9.48. The fraction of sp³-hybridized carbons (Fsp3) is 0.368. The van der Waals surface area contributed by atoms with E-state index >= 15 is 0 Å². The Bertz CT molecular complexity index is 1020. The molecule has 5 rings (SSSR count). The third kappa shape index (κ3) is 3.16. The number of pyridine rings is 1. The van der Waals surface area contributed by atoms with Crippen molar-refractivity contribution in [2.75, 3.05) is 50.0 Å². The fourth-order valence-corrected chi connectivity index (χ4v) is 3.98. The molecule has 0 atom stereocenters. The lowest BCUT2D eigenvalue weighted by atomic mass is 10.3. The Hall–Kier alpha value is -2.78. The summed E-state index contributed by atoms with van der Waals surface area (Å²) >= 11 is 5.40. The third-order valence-corrected chi connectivity index (χ3v) is 5.70. The molecule has 28 heavy (non-hydrogen) atoms. The number of hydrogen-bond acceptors (Lipinski definition) is 7. The molecule has 0 amide bonds. The smallest absolute Gasteiger partial charge is 0.230 e. The van der Waals surface area contributed by atoms with E-state index in [2.05, 4.69) is 48.1 Å². The summed E-state index contributed by atoms with van der Waals surface area (Å²) in [6, 6.07) is 6.12. The molecule has 1 saturated heterocycles. The van der Waals surface area contributed by atoms with Crippen LogP contribution in [0.3, 0.4) is 0 Å². The van der Waals surface area contributed by atoms with Crippen molar-refractivity contribution in [1.29, 1.82) is 0 Å². The standard InChI is InChI=1S/C19H22N8S/c1-25-6-8-26(9-7-25)14-2-3-16(21-12-14)23-19-22-11-13-10-15-18(28)20-4-5-27(15)17(13)24-19/h2-3,10-12H,4-9H2,1H3,(H,20,28)(H,21,22,23,24). The molecule has 5 heterocycles. The molecule has 0 bridgehead atoms. The molecule has 0 aromatic carbocycles. The van der Waals surface area contributed by atoms with Crippen LogP contribution < -0.4 is 15.5 Å². The van der Waals surface area contributed by atoms with Gasteiger partial charge in [0.15, 0.2) is 0 Å². The van der Waals surface area contributed by atoms with Crippen LogP contribution in [0.4, 0.5) is 17.5 Å². The van der Waals surface area contributed by atoms with Crippen molar-refractivity contribution in [3.63, 3.8) is 0 Å². The highest BCUT2D eigenvalue weighted by Gasteiger charge is 2.18. The molecule has 144 valence electrons. The minimum Gasteiger partial charge on any atom is -0.373 e. The van der Waals surface area contributed by atoms with Crippen molar-refractivity contribution < 1.29 is 0 Å². The quantitative estimate of drug-likeness (QED) is 0.649. The fourth-order valence-electron chi connectivity index (χ4n) is 3.71. The molecular weight excluding hydrogens is 372 g/mol. The van der Waals surface area contributed by atoms with Crippen molar-refractivity contribution in [3.8, 4) is 0 Å². The minimum absolute atomic E-state index is 0.540. The molecule has 9 heteroatoms. The molecule has 2 aliphatic rings. The predicted molar refractivity (Wildman–Crippen MR) is 114 cm³/mol. The second-order valence-electron chi connectivity index (χ2n) is 7.23. The Morgan fingerprint density at radius 2 is 1.93 bits per heavy atom. The van der Waals surface area contributed by atoms with Crippen LogP contribution in [0.1, 0.15) is 5.69 Å². The van der Waals surface area contributed by atoms with E-state index < -0.39 is 0 Å². The average molecular weight is 395 g/mol. The molecule has 1 fully saturated rings. The summed E-state index contributed by atoms with van der Waals surface area (Å²) in [7, 11) is 2.16. The molecule has 2 N–H and O–H groups in total. The van der Waals surface area contributed by atoms with Crippen LogP contribution in [-0.2, 0) is 6.54 Å². The Morgan fingerprint density at radius 1 is 1.07 bits per heavy atom. The Labute approximate surface area is 168 Å². The lowest BCUT2D eigenvalue weighted by Gasteiger charge is -2.33. The molecule has 0 aliphatic carbocycles. The van der Waals surface area contributed by atoms with Crippen LogP contribution >= 0.6 is 12.2 Å². The summed E-state index contributed by atoms with van der Waals surface area (Å²) < 4.78 is 2.14. The summed E-state index contributed by atoms with van der Waals surface area (Å²) in [5.41, 5.74) is 3.04. The van der Waals surface area contributed by atoms with Crippen molar-refractivity contribution in [2.45, 2.75) is 6.54 Å². The Kier molecular flexibility index (Phi) is 4.33. The molecule has 3 aromatic rings. The van der Waals surface area contributed by atoms with E-state index in [1.807, 2.05) is 24.5 Å². The van der Waals surface area contributed by atoms with Gasteiger partial charge in [-0.3, -0.25) is 0 Å². The summed E-state index contributed by atoms with van der Waals surface area (Å²) in [4.78, 5) is 19.2. The van der Waals surface area contributed by atoms with E-state index in [0.717, 1.165) is 72.5 Å². The van der Waals surface area contributed by atoms with Gasteiger partial charge in [-0.25, -0.2) is 9.97 Å². The van der Waals surface area contributed by atoms with E-state index in [4.69, 9.17) is 17.2 Å². The summed E-state index contributed by atoms with van der Waals surface area (Å²) in [6.07, 6.45) is 3.74. The molecule has 3 aromatic heterocycles. The van der Waals surface area contributed by atoms with Gasteiger partial charge in [0.25, 0.3) is 0 Å². The molecular formula is C19H22N8S. The van der Waals surface area contributed by atoms with Crippen LogP contribution in [0.2, 0.25) is 0 Å². The molecule has 0 radical (unpaired) electrons. The number of hydrogen-bond donors (Lipinski definition) is 2. The van der Waals surface area contributed by atoms with Gasteiger partial charge in [0.2, 0.25) is 5.95 Å². The van der Waals surface area contributed by atoms with Gasteiger partial charge in [-0.2, -0.15) is 4.98 Å². The number of anilines is 3. The largest absolute Gasteiger partial charge is 0.373 e. The van der Waals surface area contributed by atoms with Gasteiger partial charge in [0.05, 0.1) is 17.6 Å². The summed E-state index contributed by atoms with van der Waals surface area (Å²) in [5, 5.41) is 7.43. The average Bonchev–Trinajstić information content (AvgIpc) is 3.09. The first-order chi connectivity index (χ1) is 13.7. The number of piperazine rings is 1. The van der Waals surface area contributed by atoms with E-state index in [-0.39, 0.29) is 0 Å². The zero-order chi connectivity index (χ0) is 19.1. The third-order valence-electron chi connectivity index (χ3n) is 5.34. The first kappa shape index (κ1) is 17.3. The van der Waals surface area contributed by atoms with Crippen LogP contribution in [-0.4, -0.2) is 69.2 Å². The van der Waals surface area contributed by atoms with Gasteiger partial charge < -0.3 is 25.0 Å². The van der Waals surface area contributed by atoms with Crippen LogP contribution in [0, 0.1) is 0 Å². The zero-order valence-corrected chi connectivity index (χ0v) is 16.5. The summed E-state index contributed by atoms with van der Waals surface area (Å²) in [6.45, 7) is 5.87. The molecule has 0 saturated carbocycles.